The van der Waals surface area contributed by atoms with E-state index in [2.05, 4.69) is 25.0 Å². The number of rotatable bonds is 5. The zero-order valence-electron chi connectivity index (χ0n) is 16.0. The Morgan fingerprint density at radius 3 is 2.75 bits per heavy atom. The molecule has 8 heteroatoms. The maximum Gasteiger partial charge on any atom is 0.278 e. The van der Waals surface area contributed by atoms with Crippen molar-refractivity contribution in [1.29, 1.82) is 0 Å². The van der Waals surface area contributed by atoms with Crippen molar-refractivity contribution in [3.05, 3.63) is 47.7 Å². The molecule has 1 aliphatic heterocycles. The third kappa shape index (κ3) is 3.82. The number of ether oxygens (including phenoxy) is 1. The van der Waals surface area contributed by atoms with E-state index in [1.54, 1.807) is 25.6 Å². The standard InChI is InChI=1S/C20H23N5O3/c1-13-10-22-16(11-21-13)20-23-19(24-28-20)14-6-8-25(9-7-14)12-15-4-3-5-17(27-2)18(15)26/h3-5,10-11,14,26H,6-9,12H2,1-2H3. The van der Waals surface area contributed by atoms with Gasteiger partial charge in [0.05, 0.1) is 19.0 Å². The van der Waals surface area contributed by atoms with Crippen LogP contribution in [0.3, 0.4) is 0 Å². The number of phenolic OH excluding ortho intramolecular Hbond substituents is 1. The van der Waals surface area contributed by atoms with Gasteiger partial charge >= 0.3 is 0 Å². The van der Waals surface area contributed by atoms with Gasteiger partial charge in [0.1, 0.15) is 5.69 Å². The Balaban J connectivity index is 1.38. The van der Waals surface area contributed by atoms with Gasteiger partial charge in [0, 0.05) is 24.2 Å². The largest absolute Gasteiger partial charge is 0.504 e. The number of methoxy groups -OCH3 is 1. The second-order valence-electron chi connectivity index (χ2n) is 7.02. The summed E-state index contributed by atoms with van der Waals surface area (Å²) in [6, 6.07) is 5.59. The smallest absolute Gasteiger partial charge is 0.278 e. The molecule has 1 fully saturated rings. The lowest BCUT2D eigenvalue weighted by Crippen LogP contribution is -2.32. The molecule has 1 N–H and O–H groups in total. The molecular weight excluding hydrogens is 358 g/mol. The molecule has 4 rings (SSSR count). The van der Waals surface area contributed by atoms with Gasteiger partial charge in [-0.2, -0.15) is 4.98 Å². The normalized spacial score (nSPS) is 15.6. The van der Waals surface area contributed by atoms with Gasteiger partial charge in [-0.1, -0.05) is 17.3 Å². The monoisotopic (exact) mass is 381 g/mol. The van der Waals surface area contributed by atoms with E-state index in [9.17, 15) is 5.11 Å². The molecular formula is C20H23N5O3. The van der Waals surface area contributed by atoms with Crippen LogP contribution in [0.1, 0.15) is 35.8 Å². The van der Waals surface area contributed by atoms with Crippen LogP contribution < -0.4 is 4.74 Å². The number of benzene rings is 1. The van der Waals surface area contributed by atoms with E-state index in [1.165, 1.54) is 0 Å². The number of piperidine rings is 1. The molecule has 3 aromatic rings. The number of hydrogen-bond acceptors (Lipinski definition) is 8. The Morgan fingerprint density at radius 1 is 1.21 bits per heavy atom. The lowest BCUT2D eigenvalue weighted by Gasteiger charge is -2.30. The first-order chi connectivity index (χ1) is 13.6. The topological polar surface area (TPSA) is 97.4 Å². The van der Waals surface area contributed by atoms with Gasteiger partial charge in [0.25, 0.3) is 5.89 Å². The van der Waals surface area contributed by atoms with Crippen molar-refractivity contribution < 1.29 is 14.4 Å². The molecule has 1 aliphatic rings. The van der Waals surface area contributed by atoms with Gasteiger partial charge in [0.2, 0.25) is 0 Å². The van der Waals surface area contributed by atoms with E-state index < -0.39 is 0 Å². The highest BCUT2D eigenvalue weighted by molar-refractivity contribution is 5.45. The molecule has 146 valence electrons. The van der Waals surface area contributed by atoms with Crippen LogP contribution in [0.15, 0.2) is 35.1 Å². The number of aryl methyl sites for hydroxylation is 1. The van der Waals surface area contributed by atoms with Gasteiger partial charge in [-0.3, -0.25) is 9.88 Å². The lowest BCUT2D eigenvalue weighted by molar-refractivity contribution is 0.198. The molecule has 0 aliphatic carbocycles. The fourth-order valence-electron chi connectivity index (χ4n) is 3.46. The Morgan fingerprint density at radius 2 is 2.04 bits per heavy atom. The van der Waals surface area contributed by atoms with E-state index in [-0.39, 0.29) is 11.7 Å². The summed E-state index contributed by atoms with van der Waals surface area (Å²) in [5.74, 6) is 2.11. The van der Waals surface area contributed by atoms with Crippen LogP contribution in [0.2, 0.25) is 0 Å². The van der Waals surface area contributed by atoms with Gasteiger partial charge < -0.3 is 14.4 Å². The maximum atomic E-state index is 10.3. The number of hydrogen-bond donors (Lipinski definition) is 1. The maximum absolute atomic E-state index is 10.3. The third-order valence-electron chi connectivity index (χ3n) is 5.09. The zero-order chi connectivity index (χ0) is 19.5. The van der Waals surface area contributed by atoms with Crippen LogP contribution in [-0.2, 0) is 6.54 Å². The van der Waals surface area contributed by atoms with Crippen LogP contribution in [-0.4, -0.2) is 50.3 Å². The molecule has 0 saturated carbocycles. The summed E-state index contributed by atoms with van der Waals surface area (Å²) >= 11 is 0. The number of likely N-dealkylation sites (tertiary alicyclic amines) is 1. The molecule has 0 amide bonds. The molecule has 3 heterocycles. The average molecular weight is 381 g/mol. The van der Waals surface area contributed by atoms with Crippen LogP contribution >= 0.6 is 0 Å². The van der Waals surface area contributed by atoms with Gasteiger partial charge in [-0.05, 0) is 38.9 Å². The molecule has 8 nitrogen and oxygen atoms in total. The first-order valence-corrected chi connectivity index (χ1v) is 9.34. The number of aromatic nitrogens is 4. The van der Waals surface area contributed by atoms with E-state index in [0.717, 1.165) is 43.0 Å². The van der Waals surface area contributed by atoms with Crippen molar-refractivity contribution in [1.82, 2.24) is 25.0 Å². The summed E-state index contributed by atoms with van der Waals surface area (Å²) in [6.07, 6.45) is 5.20. The first-order valence-electron chi connectivity index (χ1n) is 9.34. The summed E-state index contributed by atoms with van der Waals surface area (Å²) in [5.41, 5.74) is 2.31. The molecule has 0 unspecified atom stereocenters. The summed E-state index contributed by atoms with van der Waals surface area (Å²) in [7, 11) is 1.56. The Hall–Kier alpha value is -3.00. The number of phenols is 1. The first kappa shape index (κ1) is 18.4. The highest BCUT2D eigenvalue weighted by Gasteiger charge is 2.26. The van der Waals surface area contributed by atoms with Crippen molar-refractivity contribution in [2.75, 3.05) is 20.2 Å². The Bertz CT molecular complexity index is 933. The average Bonchev–Trinajstić information content (AvgIpc) is 3.21. The van der Waals surface area contributed by atoms with E-state index in [4.69, 9.17) is 9.26 Å². The van der Waals surface area contributed by atoms with E-state index in [1.807, 2.05) is 19.1 Å². The zero-order valence-corrected chi connectivity index (χ0v) is 16.0. The minimum Gasteiger partial charge on any atom is -0.504 e. The fourth-order valence-corrected chi connectivity index (χ4v) is 3.46. The highest BCUT2D eigenvalue weighted by atomic mass is 16.5. The Kier molecular flexibility index (Phi) is 5.21. The highest BCUT2D eigenvalue weighted by Crippen LogP contribution is 2.32. The fraction of sp³-hybridized carbons (Fsp3) is 0.400. The summed E-state index contributed by atoms with van der Waals surface area (Å²) in [4.78, 5) is 15.3. The molecule has 1 saturated heterocycles. The van der Waals surface area contributed by atoms with Crippen LogP contribution in [0, 0.1) is 6.92 Å². The van der Waals surface area contributed by atoms with Crippen LogP contribution in [0.4, 0.5) is 0 Å². The van der Waals surface area contributed by atoms with Crippen LogP contribution in [0.5, 0.6) is 11.5 Å². The number of aromatic hydroxyl groups is 1. The molecule has 2 aromatic heterocycles. The number of para-hydroxylation sites is 1. The minimum absolute atomic E-state index is 0.217. The van der Waals surface area contributed by atoms with E-state index in [0.29, 0.717) is 23.9 Å². The Labute approximate surface area is 163 Å². The van der Waals surface area contributed by atoms with Crippen molar-refractivity contribution >= 4 is 0 Å². The van der Waals surface area contributed by atoms with Crippen molar-refractivity contribution in [3.63, 3.8) is 0 Å². The summed E-state index contributed by atoms with van der Waals surface area (Å²) in [6.45, 7) is 4.37. The third-order valence-corrected chi connectivity index (χ3v) is 5.09. The van der Waals surface area contributed by atoms with Gasteiger partial charge in [0.15, 0.2) is 17.3 Å². The second kappa shape index (κ2) is 7.93. The van der Waals surface area contributed by atoms with Crippen LogP contribution in [0.25, 0.3) is 11.6 Å². The summed E-state index contributed by atoms with van der Waals surface area (Å²) < 4.78 is 10.6. The second-order valence-corrected chi connectivity index (χ2v) is 7.02. The molecule has 0 atom stereocenters. The van der Waals surface area contributed by atoms with Crippen molar-refractivity contribution in [3.8, 4) is 23.1 Å². The van der Waals surface area contributed by atoms with Gasteiger partial charge in [-0.15, -0.1) is 0 Å². The molecule has 0 spiro atoms. The van der Waals surface area contributed by atoms with Gasteiger partial charge in [-0.25, -0.2) is 4.98 Å². The molecule has 1 aromatic carbocycles. The predicted octanol–water partition coefficient (Wildman–Crippen LogP) is 2.93. The number of nitrogens with zero attached hydrogens (tertiary/aromatic N) is 5. The molecule has 0 bridgehead atoms. The quantitative estimate of drug-likeness (QED) is 0.720. The lowest BCUT2D eigenvalue weighted by atomic mass is 9.95. The molecule has 28 heavy (non-hydrogen) atoms. The van der Waals surface area contributed by atoms with E-state index >= 15 is 0 Å². The molecule has 0 radical (unpaired) electrons. The van der Waals surface area contributed by atoms with Crippen molar-refractivity contribution in [2.24, 2.45) is 0 Å². The van der Waals surface area contributed by atoms with Crippen molar-refractivity contribution in [2.45, 2.75) is 32.2 Å². The SMILES string of the molecule is COc1cccc(CN2CCC(c3noc(-c4cnc(C)cn4)n3)CC2)c1O. The minimum atomic E-state index is 0.217. The summed E-state index contributed by atoms with van der Waals surface area (Å²) in [5, 5.41) is 14.4. The predicted molar refractivity (Wildman–Crippen MR) is 102 cm³/mol.